The molecule has 1 aliphatic carbocycles. The van der Waals surface area contributed by atoms with Crippen molar-refractivity contribution in [2.45, 2.75) is 64.7 Å². The average molecular weight is 229 g/mol. The van der Waals surface area contributed by atoms with Crippen LogP contribution >= 0.6 is 0 Å². The molecule has 96 valence electrons. The number of hydrogen-bond donors (Lipinski definition) is 2. The second-order valence-electron chi connectivity index (χ2n) is 5.46. The van der Waals surface area contributed by atoms with Crippen LogP contribution in [-0.4, -0.2) is 36.5 Å². The Labute approximate surface area is 99.6 Å². The Balaban J connectivity index is 1.97. The van der Waals surface area contributed by atoms with E-state index in [0.29, 0.717) is 25.1 Å². The summed E-state index contributed by atoms with van der Waals surface area (Å²) in [6.45, 7) is 7.57. The first kappa shape index (κ1) is 13.9. The van der Waals surface area contributed by atoms with Crippen LogP contribution in [0.3, 0.4) is 0 Å². The van der Waals surface area contributed by atoms with Crippen molar-refractivity contribution in [3.8, 4) is 0 Å². The van der Waals surface area contributed by atoms with Gasteiger partial charge in [0, 0.05) is 12.6 Å². The van der Waals surface area contributed by atoms with Gasteiger partial charge in [-0.25, -0.2) is 0 Å². The van der Waals surface area contributed by atoms with E-state index in [1.807, 2.05) is 0 Å². The summed E-state index contributed by atoms with van der Waals surface area (Å²) in [5.74, 6) is 0.653. The lowest BCUT2D eigenvalue weighted by Crippen LogP contribution is -2.41. The van der Waals surface area contributed by atoms with Crippen LogP contribution in [0.15, 0.2) is 0 Å². The molecule has 0 aliphatic heterocycles. The number of nitrogens with one attached hydrogen (secondary N) is 1. The van der Waals surface area contributed by atoms with Crippen LogP contribution < -0.4 is 5.32 Å². The van der Waals surface area contributed by atoms with E-state index < -0.39 is 0 Å². The molecule has 0 saturated heterocycles. The second-order valence-corrected chi connectivity index (χ2v) is 5.46. The summed E-state index contributed by atoms with van der Waals surface area (Å²) < 4.78 is 5.61. The van der Waals surface area contributed by atoms with E-state index in [2.05, 4.69) is 26.1 Å². The summed E-state index contributed by atoms with van der Waals surface area (Å²) in [7, 11) is 0. The van der Waals surface area contributed by atoms with E-state index in [4.69, 9.17) is 4.74 Å². The van der Waals surface area contributed by atoms with E-state index in [1.165, 1.54) is 19.3 Å². The van der Waals surface area contributed by atoms with Gasteiger partial charge in [0.1, 0.15) is 0 Å². The molecule has 1 fully saturated rings. The van der Waals surface area contributed by atoms with Crippen molar-refractivity contribution in [2.24, 2.45) is 5.92 Å². The molecule has 0 spiro atoms. The molecule has 16 heavy (non-hydrogen) atoms. The van der Waals surface area contributed by atoms with E-state index in [9.17, 15) is 5.11 Å². The van der Waals surface area contributed by atoms with E-state index in [-0.39, 0.29) is 12.2 Å². The summed E-state index contributed by atoms with van der Waals surface area (Å²) in [4.78, 5) is 0. The molecule has 0 amide bonds. The molecule has 3 heteroatoms. The number of aliphatic hydroxyl groups excluding tert-OH is 1. The number of aliphatic hydroxyl groups is 1. The molecule has 0 heterocycles. The monoisotopic (exact) mass is 229 g/mol. The molecule has 2 atom stereocenters. The fourth-order valence-corrected chi connectivity index (χ4v) is 1.98. The zero-order chi connectivity index (χ0) is 12.0. The van der Waals surface area contributed by atoms with Crippen LogP contribution in [0, 0.1) is 5.92 Å². The van der Waals surface area contributed by atoms with Gasteiger partial charge in [-0.1, -0.05) is 20.3 Å². The van der Waals surface area contributed by atoms with Gasteiger partial charge in [0.05, 0.1) is 18.8 Å². The van der Waals surface area contributed by atoms with Crippen LogP contribution in [-0.2, 0) is 4.74 Å². The quantitative estimate of drug-likeness (QED) is 0.668. The molecule has 2 unspecified atom stereocenters. The van der Waals surface area contributed by atoms with Gasteiger partial charge in [0.25, 0.3) is 0 Å². The highest BCUT2D eigenvalue weighted by Crippen LogP contribution is 2.17. The van der Waals surface area contributed by atoms with Crippen molar-refractivity contribution >= 4 is 0 Å². The van der Waals surface area contributed by atoms with Crippen molar-refractivity contribution in [1.82, 2.24) is 5.32 Å². The number of ether oxygens (including phenoxy) is 1. The van der Waals surface area contributed by atoms with Crippen molar-refractivity contribution in [3.05, 3.63) is 0 Å². The number of rotatable bonds is 8. The van der Waals surface area contributed by atoms with Crippen LogP contribution in [0.25, 0.3) is 0 Å². The molecule has 1 aliphatic rings. The largest absolute Gasteiger partial charge is 0.389 e. The first-order valence-electron chi connectivity index (χ1n) is 6.61. The Morgan fingerprint density at radius 2 is 2.00 bits per heavy atom. The summed E-state index contributed by atoms with van der Waals surface area (Å²) in [6, 6.07) is 0.641. The molecule has 0 aromatic carbocycles. The Morgan fingerprint density at radius 1 is 1.31 bits per heavy atom. The van der Waals surface area contributed by atoms with Gasteiger partial charge in [-0.3, -0.25) is 0 Å². The SMILES string of the molecule is CC(C)CC(C)OCC(O)CNC1CCC1. The van der Waals surface area contributed by atoms with Crippen LogP contribution in [0.4, 0.5) is 0 Å². The molecular weight excluding hydrogens is 202 g/mol. The highest BCUT2D eigenvalue weighted by atomic mass is 16.5. The summed E-state index contributed by atoms with van der Waals surface area (Å²) in [6.07, 6.45) is 4.79. The Kier molecular flexibility index (Phi) is 6.32. The second kappa shape index (κ2) is 7.25. The van der Waals surface area contributed by atoms with Crippen molar-refractivity contribution in [2.75, 3.05) is 13.2 Å². The topological polar surface area (TPSA) is 41.5 Å². The lowest BCUT2D eigenvalue weighted by Gasteiger charge is -2.28. The molecule has 3 nitrogen and oxygen atoms in total. The van der Waals surface area contributed by atoms with Crippen LogP contribution in [0.1, 0.15) is 46.5 Å². The normalized spacial score (nSPS) is 20.8. The first-order valence-corrected chi connectivity index (χ1v) is 6.61. The van der Waals surface area contributed by atoms with Crippen LogP contribution in [0.5, 0.6) is 0 Å². The van der Waals surface area contributed by atoms with Crippen LogP contribution in [0.2, 0.25) is 0 Å². The van der Waals surface area contributed by atoms with Gasteiger partial charge in [-0.2, -0.15) is 0 Å². The van der Waals surface area contributed by atoms with Gasteiger partial charge in [0.15, 0.2) is 0 Å². The van der Waals surface area contributed by atoms with Gasteiger partial charge in [-0.05, 0) is 32.1 Å². The highest BCUT2D eigenvalue weighted by molar-refractivity contribution is 4.77. The fraction of sp³-hybridized carbons (Fsp3) is 1.00. The maximum Gasteiger partial charge on any atom is 0.0897 e. The summed E-state index contributed by atoms with van der Waals surface area (Å²) >= 11 is 0. The molecule has 1 saturated carbocycles. The minimum absolute atomic E-state index is 0.248. The Hall–Kier alpha value is -0.120. The molecular formula is C13H27NO2. The summed E-state index contributed by atoms with van der Waals surface area (Å²) in [5.41, 5.74) is 0. The molecule has 0 aromatic heterocycles. The minimum atomic E-state index is -0.366. The molecule has 1 rings (SSSR count). The molecule has 0 bridgehead atoms. The van der Waals surface area contributed by atoms with Gasteiger partial charge in [-0.15, -0.1) is 0 Å². The first-order chi connectivity index (χ1) is 7.58. The fourth-order valence-electron chi connectivity index (χ4n) is 1.98. The van der Waals surface area contributed by atoms with Crippen molar-refractivity contribution < 1.29 is 9.84 Å². The molecule has 2 N–H and O–H groups in total. The third-order valence-electron chi connectivity index (χ3n) is 3.12. The Morgan fingerprint density at radius 3 is 2.50 bits per heavy atom. The lowest BCUT2D eigenvalue weighted by molar-refractivity contribution is -0.0100. The zero-order valence-corrected chi connectivity index (χ0v) is 10.9. The van der Waals surface area contributed by atoms with E-state index in [0.717, 1.165) is 6.42 Å². The van der Waals surface area contributed by atoms with Crippen molar-refractivity contribution in [3.63, 3.8) is 0 Å². The van der Waals surface area contributed by atoms with Gasteiger partial charge in [0.2, 0.25) is 0 Å². The minimum Gasteiger partial charge on any atom is -0.389 e. The van der Waals surface area contributed by atoms with Gasteiger partial charge < -0.3 is 15.2 Å². The third kappa shape index (κ3) is 5.83. The standard InChI is InChI=1S/C13H27NO2/c1-10(2)7-11(3)16-9-13(15)8-14-12-5-4-6-12/h10-15H,4-9H2,1-3H3. The third-order valence-corrected chi connectivity index (χ3v) is 3.12. The average Bonchev–Trinajstić information content (AvgIpc) is 2.11. The maximum atomic E-state index is 9.71. The summed E-state index contributed by atoms with van der Waals surface area (Å²) in [5, 5.41) is 13.1. The maximum absolute atomic E-state index is 9.71. The lowest BCUT2D eigenvalue weighted by atomic mass is 9.93. The predicted octanol–water partition coefficient (Wildman–Crippen LogP) is 1.94. The predicted molar refractivity (Wildman–Crippen MR) is 66.5 cm³/mol. The van der Waals surface area contributed by atoms with E-state index >= 15 is 0 Å². The Bertz CT molecular complexity index is 181. The van der Waals surface area contributed by atoms with Crippen molar-refractivity contribution in [1.29, 1.82) is 0 Å². The highest BCUT2D eigenvalue weighted by Gasteiger charge is 2.18. The zero-order valence-electron chi connectivity index (χ0n) is 10.9. The number of hydrogen-bond acceptors (Lipinski definition) is 3. The smallest absolute Gasteiger partial charge is 0.0897 e. The van der Waals surface area contributed by atoms with Gasteiger partial charge >= 0.3 is 0 Å². The molecule has 0 radical (unpaired) electrons. The van der Waals surface area contributed by atoms with E-state index in [1.54, 1.807) is 0 Å². The molecule has 0 aromatic rings.